The average Bonchev–Trinajstić information content (AvgIpc) is 2.88. The van der Waals surface area contributed by atoms with E-state index in [-0.39, 0.29) is 38.0 Å². The summed E-state index contributed by atoms with van der Waals surface area (Å²) in [4.78, 5) is 35.2. The van der Waals surface area contributed by atoms with Crippen LogP contribution in [-0.4, -0.2) is 45.2 Å². The molecule has 0 bridgehead atoms. The number of rotatable bonds is 7. The molecule has 0 aliphatic heterocycles. The highest BCUT2D eigenvalue weighted by molar-refractivity contribution is 5.71. The first-order valence-corrected chi connectivity index (χ1v) is 6.06. The van der Waals surface area contributed by atoms with Crippen LogP contribution in [0.5, 0.6) is 0 Å². The van der Waals surface area contributed by atoms with Crippen LogP contribution in [0.25, 0.3) is 21.6 Å². The van der Waals surface area contributed by atoms with Crippen LogP contribution in [0.4, 0.5) is 5.95 Å². The van der Waals surface area contributed by atoms with E-state index < -0.39 is 11.5 Å². The fourth-order valence-electron chi connectivity index (χ4n) is 1.58. The summed E-state index contributed by atoms with van der Waals surface area (Å²) in [5.41, 5.74) is 13.5. The third kappa shape index (κ3) is 3.71. The summed E-state index contributed by atoms with van der Waals surface area (Å²) in [5.74, 6) is -0.665. The number of carbonyl (C=O) groups is 1. The van der Waals surface area contributed by atoms with Crippen LogP contribution in [-0.2, 0) is 21.0 Å². The van der Waals surface area contributed by atoms with Crippen LogP contribution in [0.1, 0.15) is 0 Å². The smallest absolute Gasteiger partial charge is 0.311 e. The van der Waals surface area contributed by atoms with Gasteiger partial charge in [0.25, 0.3) is 5.56 Å². The van der Waals surface area contributed by atoms with Crippen molar-refractivity contribution in [2.24, 2.45) is 5.11 Å². The molecular formula is C10H12N8O4. The molecule has 2 rings (SSSR count). The van der Waals surface area contributed by atoms with Gasteiger partial charge in [0.2, 0.25) is 5.95 Å². The van der Waals surface area contributed by atoms with E-state index in [1.54, 1.807) is 0 Å². The van der Waals surface area contributed by atoms with Gasteiger partial charge in [0, 0.05) is 4.91 Å². The van der Waals surface area contributed by atoms with Crippen molar-refractivity contribution < 1.29 is 14.3 Å². The molecule has 0 unspecified atom stereocenters. The molecule has 0 saturated heterocycles. The number of nitrogens with zero attached hydrogens (tertiary/aromatic N) is 6. The normalized spacial score (nSPS) is 10.4. The number of aromatic amines is 1. The first kappa shape index (κ1) is 15.3. The van der Waals surface area contributed by atoms with Gasteiger partial charge >= 0.3 is 5.97 Å². The maximum Gasteiger partial charge on any atom is 0.311 e. The number of hydrogen-bond acceptors (Lipinski definition) is 8. The lowest BCUT2D eigenvalue weighted by Gasteiger charge is -2.06. The van der Waals surface area contributed by atoms with Gasteiger partial charge in [-0.05, 0) is 5.53 Å². The summed E-state index contributed by atoms with van der Waals surface area (Å²) in [7, 11) is 0. The Hall–Kier alpha value is -3.11. The molecule has 0 aromatic carbocycles. The first-order valence-electron chi connectivity index (χ1n) is 6.06. The van der Waals surface area contributed by atoms with Crippen LogP contribution in [0.15, 0.2) is 16.2 Å². The van der Waals surface area contributed by atoms with Gasteiger partial charge in [-0.15, -0.1) is 0 Å². The predicted molar refractivity (Wildman–Crippen MR) is 73.5 cm³/mol. The van der Waals surface area contributed by atoms with Crippen LogP contribution in [0.2, 0.25) is 0 Å². The zero-order valence-electron chi connectivity index (χ0n) is 11.3. The minimum absolute atomic E-state index is 0.00254. The van der Waals surface area contributed by atoms with E-state index in [4.69, 9.17) is 20.7 Å². The molecule has 116 valence electrons. The lowest BCUT2D eigenvalue weighted by atomic mass is 10.5. The molecule has 0 spiro atoms. The number of aromatic nitrogens is 4. The molecule has 0 aliphatic carbocycles. The van der Waals surface area contributed by atoms with Gasteiger partial charge in [-0.1, -0.05) is 5.11 Å². The molecule has 0 amide bonds. The molecule has 0 aliphatic rings. The molecule has 0 atom stereocenters. The Labute approximate surface area is 122 Å². The Bertz CT molecular complexity index is 775. The number of hydrogen-bond donors (Lipinski definition) is 2. The van der Waals surface area contributed by atoms with Crippen molar-refractivity contribution in [1.82, 2.24) is 19.5 Å². The number of imidazole rings is 1. The summed E-state index contributed by atoms with van der Waals surface area (Å²) in [6.07, 6.45) is 1.39. The zero-order chi connectivity index (χ0) is 15.9. The van der Waals surface area contributed by atoms with E-state index in [2.05, 4.69) is 25.0 Å². The molecule has 0 radical (unpaired) electrons. The number of esters is 1. The maximum atomic E-state index is 11.6. The molecule has 0 saturated carbocycles. The van der Waals surface area contributed by atoms with Gasteiger partial charge in [-0.3, -0.25) is 19.1 Å². The van der Waals surface area contributed by atoms with E-state index in [0.717, 1.165) is 0 Å². The Morgan fingerprint density at radius 3 is 3.14 bits per heavy atom. The number of nitrogens with two attached hydrogens (primary N) is 1. The Kier molecular flexibility index (Phi) is 4.90. The number of nitrogens with one attached hydrogen (secondary N) is 1. The van der Waals surface area contributed by atoms with Gasteiger partial charge in [-0.2, -0.15) is 4.98 Å². The SMILES string of the molecule is [N-]=[N+]=NCC(=O)OCCOCn1cnc2c(=O)[nH]c(N)nc21. The summed E-state index contributed by atoms with van der Waals surface area (Å²) in [6, 6.07) is 0. The van der Waals surface area contributed by atoms with E-state index in [9.17, 15) is 9.59 Å². The van der Waals surface area contributed by atoms with Gasteiger partial charge in [0.05, 0.1) is 12.9 Å². The molecule has 12 nitrogen and oxygen atoms in total. The van der Waals surface area contributed by atoms with E-state index >= 15 is 0 Å². The highest BCUT2D eigenvalue weighted by Gasteiger charge is 2.09. The fourth-order valence-corrected chi connectivity index (χ4v) is 1.58. The summed E-state index contributed by atoms with van der Waals surface area (Å²) >= 11 is 0. The monoisotopic (exact) mass is 308 g/mol. The van der Waals surface area contributed by atoms with E-state index in [0.29, 0.717) is 5.65 Å². The molecular weight excluding hydrogens is 296 g/mol. The van der Waals surface area contributed by atoms with Gasteiger partial charge in [0.15, 0.2) is 11.2 Å². The van der Waals surface area contributed by atoms with Crippen molar-refractivity contribution in [3.63, 3.8) is 0 Å². The largest absolute Gasteiger partial charge is 0.463 e. The predicted octanol–water partition coefficient (Wildman–Crippen LogP) is -0.471. The third-order valence-electron chi connectivity index (χ3n) is 2.48. The highest BCUT2D eigenvalue weighted by Crippen LogP contribution is 2.06. The fraction of sp³-hybridized carbons (Fsp3) is 0.400. The molecule has 2 aromatic heterocycles. The molecule has 0 fully saturated rings. The Morgan fingerprint density at radius 1 is 1.55 bits per heavy atom. The lowest BCUT2D eigenvalue weighted by Crippen LogP contribution is -2.15. The standard InChI is InChI=1S/C10H12N8O4/c11-10-15-8-7(9(20)16-10)13-4-18(8)5-21-1-2-22-6(19)3-14-17-12/h4H,1-3,5H2,(H3,11,15,16,20). The zero-order valence-corrected chi connectivity index (χ0v) is 11.3. The Balaban J connectivity index is 1.84. The van der Waals surface area contributed by atoms with Crippen molar-refractivity contribution in [1.29, 1.82) is 0 Å². The number of azide groups is 1. The molecule has 3 N–H and O–H groups in total. The van der Waals surface area contributed by atoms with Crippen molar-refractivity contribution in [3.8, 4) is 0 Å². The number of fused-ring (bicyclic) bond motifs is 1. The second kappa shape index (κ2) is 7.06. The molecule has 2 aromatic rings. The highest BCUT2D eigenvalue weighted by atomic mass is 16.6. The second-order valence-corrected chi connectivity index (χ2v) is 3.98. The molecule has 22 heavy (non-hydrogen) atoms. The van der Waals surface area contributed by atoms with Crippen molar-refractivity contribution in [2.75, 3.05) is 25.5 Å². The summed E-state index contributed by atoms with van der Waals surface area (Å²) < 4.78 is 11.5. The minimum atomic E-state index is -0.643. The van der Waals surface area contributed by atoms with Gasteiger partial charge in [0.1, 0.15) is 19.9 Å². The van der Waals surface area contributed by atoms with E-state index in [1.807, 2.05) is 0 Å². The van der Waals surface area contributed by atoms with Gasteiger partial charge < -0.3 is 15.2 Å². The summed E-state index contributed by atoms with van der Waals surface area (Å²) in [6.45, 7) is -0.197. The number of H-pyrrole nitrogens is 1. The molecule has 2 heterocycles. The van der Waals surface area contributed by atoms with Crippen LogP contribution >= 0.6 is 0 Å². The van der Waals surface area contributed by atoms with Crippen molar-refractivity contribution >= 4 is 23.1 Å². The molecule has 12 heteroatoms. The first-order chi connectivity index (χ1) is 10.6. The van der Waals surface area contributed by atoms with E-state index in [1.165, 1.54) is 10.9 Å². The van der Waals surface area contributed by atoms with Crippen molar-refractivity contribution in [3.05, 3.63) is 27.1 Å². The van der Waals surface area contributed by atoms with Gasteiger partial charge in [-0.25, -0.2) is 4.98 Å². The summed E-state index contributed by atoms with van der Waals surface area (Å²) in [5, 5.41) is 3.06. The number of carbonyl (C=O) groups excluding carboxylic acids is 1. The third-order valence-corrected chi connectivity index (χ3v) is 2.48. The number of ether oxygens (including phenoxy) is 2. The number of nitrogen functional groups attached to an aromatic ring is 1. The second-order valence-electron chi connectivity index (χ2n) is 3.98. The van der Waals surface area contributed by atoms with Crippen LogP contribution in [0, 0.1) is 0 Å². The average molecular weight is 308 g/mol. The lowest BCUT2D eigenvalue weighted by molar-refractivity contribution is -0.143. The van der Waals surface area contributed by atoms with Crippen LogP contribution < -0.4 is 11.3 Å². The minimum Gasteiger partial charge on any atom is -0.463 e. The number of anilines is 1. The van der Waals surface area contributed by atoms with Crippen LogP contribution in [0.3, 0.4) is 0 Å². The quantitative estimate of drug-likeness (QED) is 0.228. The Morgan fingerprint density at radius 2 is 2.36 bits per heavy atom. The maximum absolute atomic E-state index is 11.6. The van der Waals surface area contributed by atoms with Crippen molar-refractivity contribution in [2.45, 2.75) is 6.73 Å². The topological polar surface area (TPSA) is 174 Å².